The smallest absolute Gasteiger partial charge is 0.257 e. The van der Waals surface area contributed by atoms with Gasteiger partial charge in [-0.05, 0) is 14.0 Å². The van der Waals surface area contributed by atoms with Crippen LogP contribution in [-0.2, 0) is 16.6 Å². The monoisotopic (exact) mass is 282 g/mol. The molecule has 104 valence electrons. The van der Waals surface area contributed by atoms with Gasteiger partial charge >= 0.3 is 0 Å². The molecule has 1 aromatic heterocycles. The van der Waals surface area contributed by atoms with Crippen molar-refractivity contribution >= 4 is 10.0 Å². The first-order chi connectivity index (χ1) is 8.35. The molecule has 1 heterocycles. The van der Waals surface area contributed by atoms with E-state index in [2.05, 4.69) is 15.1 Å². The van der Waals surface area contributed by atoms with Gasteiger partial charge < -0.3 is 5.32 Å². The fourth-order valence-electron chi connectivity index (χ4n) is 1.14. The maximum atomic E-state index is 12.1. The van der Waals surface area contributed by atoms with E-state index < -0.39 is 23.0 Å². The lowest BCUT2D eigenvalue weighted by Crippen LogP contribution is -2.37. The van der Waals surface area contributed by atoms with Crippen LogP contribution in [0.3, 0.4) is 0 Å². The summed E-state index contributed by atoms with van der Waals surface area (Å²) in [6.07, 6.45) is -0.439. The summed E-state index contributed by atoms with van der Waals surface area (Å²) in [5, 5.41) is 6.45. The van der Waals surface area contributed by atoms with Crippen molar-refractivity contribution in [1.29, 1.82) is 0 Å². The highest BCUT2D eigenvalue weighted by Crippen LogP contribution is 2.08. The number of nitrogens with zero attached hydrogens (tertiary/aromatic N) is 2. The number of aromatic nitrogens is 2. The zero-order valence-electron chi connectivity index (χ0n) is 10.1. The van der Waals surface area contributed by atoms with Gasteiger partial charge in [-0.15, -0.1) is 0 Å². The molecule has 0 saturated carbocycles. The van der Waals surface area contributed by atoms with E-state index in [-0.39, 0.29) is 17.5 Å². The number of nitrogens with one attached hydrogen (secondary N) is 2. The first-order valence-electron chi connectivity index (χ1n) is 5.32. The van der Waals surface area contributed by atoms with Gasteiger partial charge in [0.25, 0.3) is 6.43 Å². The lowest BCUT2D eigenvalue weighted by atomic mass is 10.4. The second-order valence-electron chi connectivity index (χ2n) is 3.83. The summed E-state index contributed by atoms with van der Waals surface area (Å²) in [5.41, 5.74) is 0. The molecule has 0 radical (unpaired) electrons. The molecule has 0 aliphatic heterocycles. The molecule has 1 aromatic rings. The minimum atomic E-state index is -3.70. The van der Waals surface area contributed by atoms with Gasteiger partial charge in [0, 0.05) is 18.8 Å². The van der Waals surface area contributed by atoms with Crippen molar-refractivity contribution in [3.05, 3.63) is 12.4 Å². The van der Waals surface area contributed by atoms with Gasteiger partial charge in [-0.25, -0.2) is 21.9 Å². The minimum Gasteiger partial charge on any atom is -0.316 e. The summed E-state index contributed by atoms with van der Waals surface area (Å²) < 4.78 is 51.0. The molecule has 1 unspecified atom stereocenters. The van der Waals surface area contributed by atoms with Crippen LogP contribution in [0.4, 0.5) is 8.78 Å². The molecule has 6 nitrogen and oxygen atoms in total. The predicted octanol–water partition coefficient (Wildman–Crippen LogP) is 0.0344. The Morgan fingerprint density at radius 1 is 1.50 bits per heavy atom. The number of likely N-dealkylation sites (N-methyl/N-ethyl adjacent to an activating group) is 1. The molecule has 0 spiro atoms. The van der Waals surface area contributed by atoms with Crippen molar-refractivity contribution in [2.45, 2.75) is 30.8 Å². The van der Waals surface area contributed by atoms with Crippen molar-refractivity contribution in [3.63, 3.8) is 0 Å². The maximum Gasteiger partial charge on any atom is 0.257 e. The van der Waals surface area contributed by atoms with Crippen molar-refractivity contribution < 1.29 is 17.2 Å². The van der Waals surface area contributed by atoms with Gasteiger partial charge in [-0.3, -0.25) is 4.68 Å². The topological polar surface area (TPSA) is 76.0 Å². The SMILES string of the molecule is CNC(C)CNS(=O)(=O)c1cnn(CC(F)F)c1. The highest BCUT2D eigenvalue weighted by molar-refractivity contribution is 7.89. The van der Waals surface area contributed by atoms with Crippen LogP contribution >= 0.6 is 0 Å². The number of hydrogen-bond donors (Lipinski definition) is 2. The highest BCUT2D eigenvalue weighted by Gasteiger charge is 2.17. The van der Waals surface area contributed by atoms with Crippen LogP contribution in [0.15, 0.2) is 17.3 Å². The first-order valence-corrected chi connectivity index (χ1v) is 6.81. The Morgan fingerprint density at radius 2 is 2.17 bits per heavy atom. The average molecular weight is 282 g/mol. The van der Waals surface area contributed by atoms with Crippen LogP contribution in [0, 0.1) is 0 Å². The minimum absolute atomic E-state index is 0.0316. The summed E-state index contributed by atoms with van der Waals surface area (Å²) in [6, 6.07) is -0.0316. The van der Waals surface area contributed by atoms with Crippen molar-refractivity contribution in [2.75, 3.05) is 13.6 Å². The van der Waals surface area contributed by atoms with E-state index in [1.807, 2.05) is 6.92 Å². The van der Waals surface area contributed by atoms with E-state index in [1.54, 1.807) is 7.05 Å². The molecule has 1 rings (SSSR count). The number of alkyl halides is 2. The summed E-state index contributed by atoms with van der Waals surface area (Å²) in [6.45, 7) is 1.39. The van der Waals surface area contributed by atoms with Crippen LogP contribution in [0.2, 0.25) is 0 Å². The third-order valence-electron chi connectivity index (χ3n) is 2.32. The molecule has 0 bridgehead atoms. The van der Waals surface area contributed by atoms with Crippen LogP contribution in [0.5, 0.6) is 0 Å². The fraction of sp³-hybridized carbons (Fsp3) is 0.667. The van der Waals surface area contributed by atoms with Gasteiger partial charge in [0.15, 0.2) is 0 Å². The fourth-order valence-corrected chi connectivity index (χ4v) is 2.23. The van der Waals surface area contributed by atoms with E-state index in [9.17, 15) is 17.2 Å². The second-order valence-corrected chi connectivity index (χ2v) is 5.60. The third-order valence-corrected chi connectivity index (χ3v) is 3.70. The second kappa shape index (κ2) is 6.21. The standard InChI is InChI=1S/C9H16F2N4O2S/c1-7(12-2)3-14-18(16,17)8-4-13-15(5-8)6-9(10)11/h4-5,7,9,12,14H,3,6H2,1-2H3. The zero-order chi connectivity index (χ0) is 13.8. The Kier molecular flexibility index (Phi) is 5.17. The van der Waals surface area contributed by atoms with Crippen LogP contribution in [-0.4, -0.2) is 44.3 Å². The molecule has 0 amide bonds. The number of halogens is 2. The first kappa shape index (κ1) is 15.0. The lowest BCUT2D eigenvalue weighted by molar-refractivity contribution is 0.121. The predicted molar refractivity (Wildman–Crippen MR) is 61.9 cm³/mol. The highest BCUT2D eigenvalue weighted by atomic mass is 32.2. The molecule has 0 aromatic carbocycles. The van der Waals surface area contributed by atoms with E-state index in [4.69, 9.17) is 0 Å². The normalized spacial score (nSPS) is 14.1. The molecule has 9 heteroatoms. The molecule has 18 heavy (non-hydrogen) atoms. The summed E-state index contributed by atoms with van der Waals surface area (Å²) in [7, 11) is -1.99. The van der Waals surface area contributed by atoms with Crippen molar-refractivity contribution in [3.8, 4) is 0 Å². The van der Waals surface area contributed by atoms with Crippen molar-refractivity contribution in [2.24, 2.45) is 0 Å². The van der Waals surface area contributed by atoms with Crippen molar-refractivity contribution in [1.82, 2.24) is 19.8 Å². The molecule has 0 fully saturated rings. The molecule has 0 saturated heterocycles. The third kappa shape index (κ3) is 4.31. The Morgan fingerprint density at radius 3 is 2.72 bits per heavy atom. The molecular weight excluding hydrogens is 266 g/mol. The Bertz CT molecular complexity index is 475. The number of rotatable bonds is 7. The average Bonchev–Trinajstić information content (AvgIpc) is 2.74. The number of hydrogen-bond acceptors (Lipinski definition) is 4. The quantitative estimate of drug-likeness (QED) is 0.740. The number of sulfonamides is 1. The van der Waals surface area contributed by atoms with E-state index in [1.165, 1.54) is 0 Å². The summed E-state index contributed by atoms with van der Waals surface area (Å²) >= 11 is 0. The largest absolute Gasteiger partial charge is 0.316 e. The zero-order valence-corrected chi connectivity index (χ0v) is 10.9. The van der Waals surface area contributed by atoms with Crippen LogP contribution < -0.4 is 10.0 Å². The Hall–Kier alpha value is -1.06. The maximum absolute atomic E-state index is 12.1. The van der Waals surface area contributed by atoms with E-state index in [0.29, 0.717) is 0 Å². The van der Waals surface area contributed by atoms with Gasteiger partial charge in [-0.2, -0.15) is 5.10 Å². The van der Waals surface area contributed by atoms with E-state index >= 15 is 0 Å². The molecular formula is C9H16F2N4O2S. The molecule has 2 N–H and O–H groups in total. The lowest BCUT2D eigenvalue weighted by Gasteiger charge is -2.10. The molecule has 1 atom stereocenters. The van der Waals surface area contributed by atoms with E-state index in [0.717, 1.165) is 17.1 Å². The summed E-state index contributed by atoms with van der Waals surface area (Å²) in [5.74, 6) is 0. The summed E-state index contributed by atoms with van der Waals surface area (Å²) in [4.78, 5) is -0.119. The van der Waals surface area contributed by atoms with Crippen LogP contribution in [0.1, 0.15) is 6.92 Å². The van der Waals surface area contributed by atoms with Gasteiger partial charge in [0.2, 0.25) is 10.0 Å². The van der Waals surface area contributed by atoms with Crippen LogP contribution in [0.25, 0.3) is 0 Å². The Balaban J connectivity index is 2.70. The molecule has 0 aliphatic carbocycles. The Labute approximate surface area is 104 Å². The van der Waals surface area contributed by atoms with Gasteiger partial charge in [0.05, 0.1) is 6.20 Å². The van der Waals surface area contributed by atoms with Gasteiger partial charge in [-0.1, -0.05) is 0 Å². The molecule has 0 aliphatic rings. The van der Waals surface area contributed by atoms with Gasteiger partial charge in [0.1, 0.15) is 11.4 Å².